The number of nitrogens with one attached hydrogen (secondary N) is 2. The first kappa shape index (κ1) is 31.6. The maximum absolute atomic E-state index is 12.9. The molecule has 1 fully saturated rings. The van der Waals surface area contributed by atoms with E-state index in [-0.39, 0.29) is 22.9 Å². The number of amides is 3. The number of thioether (sulfide) groups is 2. The topological polar surface area (TPSA) is 177 Å². The van der Waals surface area contributed by atoms with Crippen LogP contribution in [0, 0.1) is 0 Å². The number of ether oxygens (including phenoxy) is 2. The summed E-state index contributed by atoms with van der Waals surface area (Å²) in [6.07, 6.45) is -0.897. The summed E-state index contributed by atoms with van der Waals surface area (Å²) < 4.78 is 10.9. The lowest BCUT2D eigenvalue weighted by Crippen LogP contribution is -2.70. The van der Waals surface area contributed by atoms with E-state index in [2.05, 4.69) is 20.8 Å². The maximum atomic E-state index is 12.9. The SMILES string of the molecule is CC(C)(C)OC(=O)NCC(=O)Oc1ccc(CC(=O)NC2C(=O)N3C(C(=O)O)=C(CSc4nncs4)CS[C@@H]23)cc1Cl. The number of carbonyl (C=O) groups is 5. The van der Waals surface area contributed by atoms with Crippen molar-refractivity contribution in [1.82, 2.24) is 25.7 Å². The third-order valence-corrected chi connectivity index (χ3v) is 9.22. The Kier molecular flexibility index (Phi) is 10.0. The molecule has 2 aliphatic heterocycles. The molecule has 3 amide bonds. The van der Waals surface area contributed by atoms with Gasteiger partial charge in [-0.05, 0) is 44.0 Å². The van der Waals surface area contributed by atoms with E-state index in [1.54, 1.807) is 26.3 Å². The van der Waals surface area contributed by atoms with E-state index in [9.17, 15) is 29.1 Å². The number of rotatable bonds is 10. The van der Waals surface area contributed by atoms with Crippen molar-refractivity contribution in [3.63, 3.8) is 0 Å². The van der Waals surface area contributed by atoms with E-state index < -0.39 is 53.4 Å². The number of β-lactam (4-membered cyclic amide) rings is 1. The normalized spacial score (nSPS) is 18.1. The molecular formula is C25H26ClN5O8S3. The number of carboxylic acid groups (broad SMARTS) is 1. The summed E-state index contributed by atoms with van der Waals surface area (Å²) in [5.74, 6) is -2.18. The Morgan fingerprint density at radius 2 is 2.02 bits per heavy atom. The van der Waals surface area contributed by atoms with Crippen LogP contribution >= 0.6 is 46.5 Å². The van der Waals surface area contributed by atoms with Crippen molar-refractivity contribution < 1.29 is 38.6 Å². The van der Waals surface area contributed by atoms with Gasteiger partial charge in [-0.25, -0.2) is 14.4 Å². The summed E-state index contributed by atoms with van der Waals surface area (Å²) in [6, 6.07) is 3.52. The number of fused-ring (bicyclic) bond motifs is 1. The van der Waals surface area contributed by atoms with Crippen molar-refractivity contribution in [1.29, 1.82) is 0 Å². The number of hydrogen-bond donors (Lipinski definition) is 3. The number of halogens is 1. The van der Waals surface area contributed by atoms with Crippen LogP contribution in [0.15, 0.2) is 39.3 Å². The van der Waals surface area contributed by atoms with Gasteiger partial charge in [0.1, 0.15) is 40.5 Å². The molecule has 0 saturated carbocycles. The molecule has 224 valence electrons. The van der Waals surface area contributed by atoms with Gasteiger partial charge in [-0.15, -0.1) is 22.0 Å². The fourth-order valence-corrected chi connectivity index (χ4v) is 7.15. The Labute approximate surface area is 257 Å². The van der Waals surface area contributed by atoms with Gasteiger partial charge in [0.05, 0.1) is 11.4 Å². The molecule has 42 heavy (non-hydrogen) atoms. The lowest BCUT2D eigenvalue weighted by Gasteiger charge is -2.49. The second kappa shape index (κ2) is 13.3. The highest BCUT2D eigenvalue weighted by Crippen LogP contribution is 2.41. The summed E-state index contributed by atoms with van der Waals surface area (Å²) in [7, 11) is 0. The van der Waals surface area contributed by atoms with E-state index in [4.69, 9.17) is 21.1 Å². The number of carbonyl (C=O) groups excluding carboxylic acids is 4. The van der Waals surface area contributed by atoms with Crippen molar-refractivity contribution in [2.24, 2.45) is 0 Å². The van der Waals surface area contributed by atoms with Crippen LogP contribution in [0.5, 0.6) is 5.75 Å². The summed E-state index contributed by atoms with van der Waals surface area (Å²) in [6.45, 7) is 4.62. The predicted octanol–water partition coefficient (Wildman–Crippen LogP) is 2.70. The molecule has 4 rings (SSSR count). The van der Waals surface area contributed by atoms with Gasteiger partial charge in [-0.1, -0.05) is 40.8 Å². The molecule has 2 aromatic rings. The van der Waals surface area contributed by atoms with Crippen LogP contribution in [-0.4, -0.2) is 85.1 Å². The van der Waals surface area contributed by atoms with Crippen molar-refractivity contribution in [2.75, 3.05) is 18.1 Å². The number of esters is 1. The maximum Gasteiger partial charge on any atom is 0.408 e. The van der Waals surface area contributed by atoms with Gasteiger partial charge in [0, 0.05) is 11.5 Å². The fourth-order valence-electron chi connectivity index (χ4n) is 3.93. The van der Waals surface area contributed by atoms with Gasteiger partial charge in [0.15, 0.2) is 4.34 Å². The van der Waals surface area contributed by atoms with Gasteiger partial charge >= 0.3 is 18.0 Å². The molecule has 13 nitrogen and oxygen atoms in total. The Balaban J connectivity index is 1.29. The number of alkyl carbamates (subject to hydrolysis) is 1. The summed E-state index contributed by atoms with van der Waals surface area (Å²) in [5, 5.41) is 22.0. The van der Waals surface area contributed by atoms with Crippen LogP contribution in [0.3, 0.4) is 0 Å². The highest BCUT2D eigenvalue weighted by atomic mass is 35.5. The third-order valence-electron chi connectivity index (χ3n) is 5.64. The van der Waals surface area contributed by atoms with Crippen LogP contribution in [-0.2, 0) is 30.3 Å². The lowest BCUT2D eigenvalue weighted by molar-refractivity contribution is -0.150. The zero-order valence-corrected chi connectivity index (χ0v) is 25.7. The van der Waals surface area contributed by atoms with Crippen molar-refractivity contribution >= 4 is 76.3 Å². The molecule has 3 heterocycles. The highest BCUT2D eigenvalue weighted by Gasteiger charge is 2.54. The van der Waals surface area contributed by atoms with Gasteiger partial charge in [0.2, 0.25) is 5.91 Å². The average Bonchev–Trinajstić information content (AvgIpc) is 3.43. The molecule has 0 spiro atoms. The largest absolute Gasteiger partial charge is 0.477 e. The Morgan fingerprint density at radius 1 is 1.26 bits per heavy atom. The van der Waals surface area contributed by atoms with E-state index in [0.29, 0.717) is 27.0 Å². The Morgan fingerprint density at radius 3 is 2.67 bits per heavy atom. The first-order chi connectivity index (χ1) is 19.8. The zero-order valence-electron chi connectivity index (χ0n) is 22.5. The van der Waals surface area contributed by atoms with Crippen LogP contribution < -0.4 is 15.4 Å². The van der Waals surface area contributed by atoms with Crippen molar-refractivity contribution in [3.8, 4) is 5.75 Å². The Hall–Kier alpha value is -3.34. The fraction of sp³-hybridized carbons (Fsp3) is 0.400. The van der Waals surface area contributed by atoms with Gasteiger partial charge in [-0.2, -0.15) is 0 Å². The minimum absolute atomic E-state index is 0.0355. The van der Waals surface area contributed by atoms with Crippen LogP contribution in [0.25, 0.3) is 0 Å². The minimum Gasteiger partial charge on any atom is -0.477 e. The number of aliphatic carboxylic acids is 1. The third kappa shape index (κ3) is 7.93. The van der Waals surface area contributed by atoms with Crippen LogP contribution in [0.4, 0.5) is 4.79 Å². The molecule has 0 bridgehead atoms. The van der Waals surface area contributed by atoms with Gasteiger partial charge in [-0.3, -0.25) is 14.5 Å². The molecule has 1 unspecified atom stereocenters. The Bertz CT molecular complexity index is 1430. The number of aromatic nitrogens is 2. The number of nitrogens with zero attached hydrogens (tertiary/aromatic N) is 3. The smallest absolute Gasteiger partial charge is 0.408 e. The van der Waals surface area contributed by atoms with Crippen LogP contribution in [0.1, 0.15) is 26.3 Å². The monoisotopic (exact) mass is 655 g/mol. The highest BCUT2D eigenvalue weighted by molar-refractivity contribution is 8.01. The lowest BCUT2D eigenvalue weighted by atomic mass is 10.0. The first-order valence-electron chi connectivity index (χ1n) is 12.4. The predicted molar refractivity (Wildman–Crippen MR) is 155 cm³/mol. The molecule has 1 aromatic carbocycles. The van der Waals surface area contributed by atoms with E-state index in [1.165, 1.54) is 58.0 Å². The second-order valence-electron chi connectivity index (χ2n) is 9.98. The standard InChI is InChI=1S/C25H26ClN5O8S3/c1-25(2,3)39-23(37)27-8-17(33)38-15-5-4-12(6-14(15)26)7-16(32)29-18-20(34)31-19(22(35)36)13(9-40-21(18)31)10-41-24-30-28-11-42-24/h4-6,11,18,21H,7-10H2,1-3H3,(H,27,37)(H,29,32)(H,35,36)/t18?,21-/m0/s1. The molecular weight excluding hydrogens is 630 g/mol. The van der Waals surface area contributed by atoms with Crippen molar-refractivity contribution in [2.45, 2.75) is 48.5 Å². The number of benzene rings is 1. The van der Waals surface area contributed by atoms with Crippen LogP contribution in [0.2, 0.25) is 5.02 Å². The quantitative estimate of drug-likeness (QED) is 0.148. The molecule has 0 aliphatic carbocycles. The molecule has 1 saturated heterocycles. The molecule has 17 heteroatoms. The summed E-state index contributed by atoms with van der Waals surface area (Å²) in [4.78, 5) is 62.7. The molecule has 0 radical (unpaired) electrons. The summed E-state index contributed by atoms with van der Waals surface area (Å²) in [5.41, 5.74) is 1.88. The molecule has 2 aliphatic rings. The molecule has 2 atom stereocenters. The number of hydrogen-bond acceptors (Lipinski definition) is 12. The van der Waals surface area contributed by atoms with Gasteiger partial charge < -0.3 is 25.2 Å². The number of carboxylic acids is 1. The molecule has 3 N–H and O–H groups in total. The first-order valence-corrected chi connectivity index (χ1v) is 15.7. The van der Waals surface area contributed by atoms with E-state index in [1.807, 2.05) is 0 Å². The molecule has 1 aromatic heterocycles. The zero-order chi connectivity index (χ0) is 30.6. The minimum atomic E-state index is -1.21. The summed E-state index contributed by atoms with van der Waals surface area (Å²) >= 11 is 10.3. The van der Waals surface area contributed by atoms with Crippen molar-refractivity contribution in [3.05, 3.63) is 45.6 Å². The van der Waals surface area contributed by atoms with Gasteiger partial charge in [0.25, 0.3) is 5.91 Å². The van der Waals surface area contributed by atoms with E-state index in [0.717, 1.165) is 0 Å². The average molecular weight is 656 g/mol. The van der Waals surface area contributed by atoms with E-state index >= 15 is 0 Å². The second-order valence-corrected chi connectivity index (χ2v) is 13.5.